The van der Waals surface area contributed by atoms with Gasteiger partial charge in [0, 0.05) is 18.2 Å². The highest BCUT2D eigenvalue weighted by atomic mass is 32.2. The molecule has 0 atom stereocenters. The topological polar surface area (TPSA) is 108 Å². The number of urea groups is 1. The molecule has 1 heterocycles. The van der Waals surface area contributed by atoms with E-state index in [-0.39, 0.29) is 16.8 Å². The van der Waals surface area contributed by atoms with Crippen LogP contribution in [0.4, 0.5) is 4.79 Å². The van der Waals surface area contributed by atoms with Crippen molar-refractivity contribution in [3.8, 4) is 0 Å². The van der Waals surface area contributed by atoms with Crippen molar-refractivity contribution in [3.63, 3.8) is 0 Å². The maximum atomic E-state index is 12.7. The molecule has 0 aromatic heterocycles. The summed E-state index contributed by atoms with van der Waals surface area (Å²) >= 11 is 0. The standard InChI is InChI=1S/C25H36N4O4S/c1-5-23-18(3)16-29(24(23)30)25(31)26-15-14-20-8-12-22(13-9-20)34(32,33)28-19(4)27-21-10-6-17(2)7-11-21/h8-9,12-13,17,21,27-28H,4-7,10-11,14-16H2,1-3H3,(H,26,31). The zero-order chi connectivity index (χ0) is 24.9. The fraction of sp³-hybridized carbons (Fsp3) is 0.520. The fourth-order valence-corrected chi connectivity index (χ4v) is 5.51. The Bertz CT molecular complexity index is 1050. The second-order valence-electron chi connectivity index (χ2n) is 9.31. The number of nitrogens with zero attached hydrogens (tertiary/aromatic N) is 1. The number of carbonyl (C=O) groups is 2. The van der Waals surface area contributed by atoms with Gasteiger partial charge in [-0.3, -0.25) is 14.4 Å². The summed E-state index contributed by atoms with van der Waals surface area (Å²) < 4.78 is 27.9. The number of carbonyl (C=O) groups excluding carboxylic acids is 2. The number of hydrogen-bond donors (Lipinski definition) is 3. The van der Waals surface area contributed by atoms with Crippen LogP contribution in [0.25, 0.3) is 0 Å². The van der Waals surface area contributed by atoms with E-state index in [2.05, 4.69) is 28.9 Å². The van der Waals surface area contributed by atoms with Gasteiger partial charge >= 0.3 is 6.03 Å². The Balaban J connectivity index is 1.46. The van der Waals surface area contributed by atoms with Gasteiger partial charge in [0.15, 0.2) is 0 Å². The summed E-state index contributed by atoms with van der Waals surface area (Å²) in [6.07, 6.45) is 5.41. The number of nitrogens with one attached hydrogen (secondary N) is 3. The van der Waals surface area contributed by atoms with Crippen LogP contribution in [0.1, 0.15) is 58.4 Å². The third-order valence-electron chi connectivity index (χ3n) is 6.59. The Morgan fingerprint density at radius 1 is 1.15 bits per heavy atom. The highest BCUT2D eigenvalue weighted by molar-refractivity contribution is 7.89. The van der Waals surface area contributed by atoms with Gasteiger partial charge in [-0.05, 0) is 74.6 Å². The van der Waals surface area contributed by atoms with Crippen molar-refractivity contribution in [1.29, 1.82) is 0 Å². The molecule has 1 aliphatic carbocycles. The maximum Gasteiger partial charge on any atom is 0.324 e. The van der Waals surface area contributed by atoms with Crippen LogP contribution < -0.4 is 15.4 Å². The van der Waals surface area contributed by atoms with Crippen molar-refractivity contribution < 1.29 is 18.0 Å². The normalized spacial score (nSPS) is 20.9. The first-order valence-electron chi connectivity index (χ1n) is 12.0. The summed E-state index contributed by atoms with van der Waals surface area (Å²) in [5.41, 5.74) is 2.51. The Morgan fingerprint density at radius 3 is 2.38 bits per heavy atom. The lowest BCUT2D eigenvalue weighted by Gasteiger charge is -2.28. The van der Waals surface area contributed by atoms with Crippen molar-refractivity contribution >= 4 is 22.0 Å². The van der Waals surface area contributed by atoms with E-state index in [1.54, 1.807) is 24.3 Å². The van der Waals surface area contributed by atoms with Gasteiger partial charge in [0.25, 0.3) is 15.9 Å². The van der Waals surface area contributed by atoms with E-state index < -0.39 is 16.1 Å². The fourth-order valence-electron chi connectivity index (χ4n) is 4.51. The van der Waals surface area contributed by atoms with E-state index in [0.29, 0.717) is 43.2 Å². The molecule has 1 aliphatic heterocycles. The van der Waals surface area contributed by atoms with Crippen molar-refractivity contribution in [2.45, 2.75) is 70.2 Å². The number of imide groups is 1. The highest BCUT2D eigenvalue weighted by Gasteiger charge is 2.31. The summed E-state index contributed by atoms with van der Waals surface area (Å²) in [5.74, 6) is 0.778. The number of sulfonamides is 1. The van der Waals surface area contributed by atoms with Crippen LogP contribution in [0.15, 0.2) is 52.7 Å². The molecule has 3 N–H and O–H groups in total. The maximum absolute atomic E-state index is 12.7. The first kappa shape index (κ1) is 25.8. The average Bonchev–Trinajstić information content (AvgIpc) is 3.08. The molecule has 8 nitrogen and oxygen atoms in total. The zero-order valence-electron chi connectivity index (χ0n) is 20.3. The Labute approximate surface area is 202 Å². The number of rotatable bonds is 9. The van der Waals surface area contributed by atoms with Gasteiger partial charge in [0.05, 0.1) is 11.4 Å². The molecule has 1 aromatic rings. The summed E-state index contributed by atoms with van der Waals surface area (Å²) in [4.78, 5) is 26.0. The molecule has 34 heavy (non-hydrogen) atoms. The Morgan fingerprint density at radius 2 is 1.79 bits per heavy atom. The Hall–Kier alpha value is -2.81. The zero-order valence-corrected chi connectivity index (χ0v) is 21.1. The lowest BCUT2D eigenvalue weighted by molar-refractivity contribution is -0.123. The molecule has 1 fully saturated rings. The van der Waals surface area contributed by atoms with Crippen LogP contribution in [0.2, 0.25) is 0 Å². The number of hydrogen-bond acceptors (Lipinski definition) is 5. The molecule has 0 bridgehead atoms. The average molecular weight is 489 g/mol. The van der Waals surface area contributed by atoms with Crippen molar-refractivity contribution in [1.82, 2.24) is 20.3 Å². The lowest BCUT2D eigenvalue weighted by atomic mass is 9.87. The Kier molecular flexibility index (Phi) is 8.41. The molecule has 0 radical (unpaired) electrons. The first-order chi connectivity index (χ1) is 16.1. The highest BCUT2D eigenvalue weighted by Crippen LogP contribution is 2.24. The molecular weight excluding hydrogens is 452 g/mol. The minimum Gasteiger partial charge on any atom is -0.369 e. The second-order valence-corrected chi connectivity index (χ2v) is 11.0. The molecule has 1 aromatic carbocycles. The SMILES string of the molecule is C=C(NC1CCC(C)CC1)NS(=O)(=O)c1ccc(CCNC(=O)N2CC(C)=C(CC)C2=O)cc1. The van der Waals surface area contributed by atoms with Crippen LogP contribution in [0, 0.1) is 5.92 Å². The molecule has 0 spiro atoms. The van der Waals surface area contributed by atoms with Crippen LogP contribution in [0.3, 0.4) is 0 Å². The predicted octanol–water partition coefficient (Wildman–Crippen LogP) is 3.43. The van der Waals surface area contributed by atoms with E-state index in [4.69, 9.17) is 0 Å². The quantitative estimate of drug-likeness (QED) is 0.494. The van der Waals surface area contributed by atoms with E-state index in [9.17, 15) is 18.0 Å². The summed E-state index contributed by atoms with van der Waals surface area (Å²) in [6, 6.07) is 6.37. The molecule has 1 saturated carbocycles. The summed E-state index contributed by atoms with van der Waals surface area (Å²) in [6.45, 7) is 10.5. The molecule has 0 saturated heterocycles. The number of benzene rings is 1. The smallest absolute Gasteiger partial charge is 0.324 e. The molecule has 3 rings (SSSR count). The summed E-state index contributed by atoms with van der Waals surface area (Å²) in [7, 11) is -3.73. The van der Waals surface area contributed by atoms with Gasteiger partial charge in [-0.2, -0.15) is 0 Å². The van der Waals surface area contributed by atoms with Crippen LogP contribution in [0.5, 0.6) is 0 Å². The molecule has 9 heteroatoms. The molecule has 3 amide bonds. The lowest BCUT2D eigenvalue weighted by Crippen LogP contribution is -2.42. The third-order valence-corrected chi connectivity index (χ3v) is 8.00. The van der Waals surface area contributed by atoms with Gasteiger partial charge in [-0.1, -0.05) is 32.6 Å². The molecular formula is C25H36N4O4S. The number of amides is 3. The van der Waals surface area contributed by atoms with E-state index in [1.807, 2.05) is 13.8 Å². The van der Waals surface area contributed by atoms with Crippen molar-refractivity contribution in [2.75, 3.05) is 13.1 Å². The third kappa shape index (κ3) is 6.40. The largest absolute Gasteiger partial charge is 0.369 e. The summed E-state index contributed by atoms with van der Waals surface area (Å²) in [5, 5.41) is 5.96. The van der Waals surface area contributed by atoms with Crippen LogP contribution in [-0.4, -0.2) is 44.4 Å². The molecule has 0 unspecified atom stereocenters. The molecule has 2 aliphatic rings. The van der Waals surface area contributed by atoms with Gasteiger partial charge < -0.3 is 10.6 Å². The van der Waals surface area contributed by atoms with E-state index in [0.717, 1.165) is 36.8 Å². The van der Waals surface area contributed by atoms with E-state index >= 15 is 0 Å². The minimum atomic E-state index is -3.73. The van der Waals surface area contributed by atoms with Crippen LogP contribution >= 0.6 is 0 Å². The molecule has 186 valence electrons. The van der Waals surface area contributed by atoms with Gasteiger partial charge in [-0.15, -0.1) is 0 Å². The predicted molar refractivity (Wildman–Crippen MR) is 132 cm³/mol. The van der Waals surface area contributed by atoms with Gasteiger partial charge in [-0.25, -0.2) is 13.2 Å². The second kappa shape index (κ2) is 11.1. The van der Waals surface area contributed by atoms with Crippen LogP contribution in [-0.2, 0) is 21.2 Å². The first-order valence-corrected chi connectivity index (χ1v) is 13.4. The van der Waals surface area contributed by atoms with Gasteiger partial charge in [0.2, 0.25) is 0 Å². The van der Waals surface area contributed by atoms with Gasteiger partial charge in [0.1, 0.15) is 5.82 Å². The van der Waals surface area contributed by atoms with E-state index in [1.165, 1.54) is 4.90 Å². The van der Waals surface area contributed by atoms with Crippen molar-refractivity contribution in [2.24, 2.45) is 5.92 Å². The minimum absolute atomic E-state index is 0.150. The van der Waals surface area contributed by atoms with Crippen molar-refractivity contribution in [3.05, 3.63) is 53.4 Å². The monoisotopic (exact) mass is 488 g/mol.